The topological polar surface area (TPSA) is 50.8 Å². The molecule has 1 aromatic carbocycles. The Labute approximate surface area is 139 Å². The molecule has 5 nitrogen and oxygen atoms in total. The maximum atomic E-state index is 11.9. The summed E-state index contributed by atoms with van der Waals surface area (Å²) in [6, 6.07) is 5.97. The number of nitrogens with zero attached hydrogens (tertiary/aromatic N) is 1. The van der Waals surface area contributed by atoms with Crippen LogP contribution >= 0.6 is 0 Å². The van der Waals surface area contributed by atoms with E-state index in [4.69, 9.17) is 9.47 Å². The molecule has 1 aliphatic heterocycles. The van der Waals surface area contributed by atoms with Gasteiger partial charge in [0.1, 0.15) is 0 Å². The summed E-state index contributed by atoms with van der Waals surface area (Å²) in [5.41, 5.74) is 1.15. The molecule has 0 unspecified atom stereocenters. The molecule has 5 heteroatoms. The highest BCUT2D eigenvalue weighted by molar-refractivity contribution is 5.76. The molecule has 128 valence electrons. The van der Waals surface area contributed by atoms with Crippen LogP contribution in [0.2, 0.25) is 0 Å². The van der Waals surface area contributed by atoms with Gasteiger partial charge in [-0.25, -0.2) is 0 Å². The van der Waals surface area contributed by atoms with Crippen molar-refractivity contribution in [3.05, 3.63) is 23.8 Å². The number of hydrogen-bond acceptors (Lipinski definition) is 4. The van der Waals surface area contributed by atoms with E-state index >= 15 is 0 Å². The first-order valence-electron chi connectivity index (χ1n) is 8.52. The van der Waals surface area contributed by atoms with Crippen LogP contribution in [0.25, 0.3) is 0 Å². The molecule has 2 rings (SSSR count). The van der Waals surface area contributed by atoms with Crippen molar-refractivity contribution in [1.82, 2.24) is 10.2 Å². The summed E-state index contributed by atoms with van der Waals surface area (Å²) in [7, 11) is 1.65. The minimum Gasteiger partial charge on any atom is -0.493 e. The lowest BCUT2D eigenvalue weighted by atomic mass is 10.2. The highest BCUT2D eigenvalue weighted by Crippen LogP contribution is 2.27. The smallest absolute Gasteiger partial charge is 0.222 e. The minimum atomic E-state index is 0.298. The quantitative estimate of drug-likeness (QED) is 0.748. The molecule has 1 aliphatic rings. The van der Waals surface area contributed by atoms with Crippen LogP contribution in [0.15, 0.2) is 18.2 Å². The Morgan fingerprint density at radius 1 is 1.22 bits per heavy atom. The fourth-order valence-corrected chi connectivity index (χ4v) is 2.82. The van der Waals surface area contributed by atoms with E-state index in [1.165, 1.54) is 6.42 Å². The molecular formula is C18H28N2O3. The third-order valence-corrected chi connectivity index (χ3v) is 4.09. The third-order valence-electron chi connectivity index (χ3n) is 4.09. The Kier molecular flexibility index (Phi) is 7.20. The van der Waals surface area contributed by atoms with Gasteiger partial charge in [-0.1, -0.05) is 12.5 Å². The van der Waals surface area contributed by atoms with Crippen molar-refractivity contribution in [3.63, 3.8) is 0 Å². The standard InChI is InChI=1S/C18H28N2O3/c1-3-23-17-13-15(8-9-16(17)22-2)14-19-10-12-20-11-6-4-5-7-18(20)21/h8-9,13,19H,3-7,10-12,14H2,1-2H3. The fraction of sp³-hybridized carbons (Fsp3) is 0.611. The molecule has 1 N–H and O–H groups in total. The molecule has 1 saturated heterocycles. The van der Waals surface area contributed by atoms with Gasteiger partial charge in [0.25, 0.3) is 0 Å². The van der Waals surface area contributed by atoms with E-state index in [9.17, 15) is 4.79 Å². The van der Waals surface area contributed by atoms with Gasteiger partial charge in [0.15, 0.2) is 11.5 Å². The molecule has 0 atom stereocenters. The van der Waals surface area contributed by atoms with E-state index in [0.717, 1.165) is 56.1 Å². The number of nitrogens with one attached hydrogen (secondary N) is 1. The molecule has 23 heavy (non-hydrogen) atoms. The number of carbonyl (C=O) groups excluding carboxylic acids is 1. The zero-order chi connectivity index (χ0) is 16.5. The number of ether oxygens (including phenoxy) is 2. The Hall–Kier alpha value is -1.75. The third kappa shape index (κ3) is 5.43. The molecule has 1 aromatic rings. The van der Waals surface area contributed by atoms with Crippen LogP contribution in [-0.4, -0.2) is 44.2 Å². The average Bonchev–Trinajstić information content (AvgIpc) is 2.77. The SMILES string of the molecule is CCOc1cc(CNCCN2CCCCCC2=O)ccc1OC. The molecule has 1 amide bonds. The number of rotatable bonds is 8. The van der Waals surface area contributed by atoms with E-state index in [2.05, 4.69) is 5.32 Å². The first-order valence-corrected chi connectivity index (χ1v) is 8.52. The van der Waals surface area contributed by atoms with Gasteiger partial charge in [-0.05, 0) is 37.5 Å². The second-order valence-corrected chi connectivity index (χ2v) is 5.79. The van der Waals surface area contributed by atoms with E-state index < -0.39 is 0 Å². The van der Waals surface area contributed by atoms with Crippen LogP contribution in [0.3, 0.4) is 0 Å². The molecule has 0 bridgehead atoms. The van der Waals surface area contributed by atoms with Crippen molar-refractivity contribution in [1.29, 1.82) is 0 Å². The average molecular weight is 320 g/mol. The lowest BCUT2D eigenvalue weighted by molar-refractivity contribution is -0.130. The van der Waals surface area contributed by atoms with Crippen molar-refractivity contribution in [2.75, 3.05) is 33.4 Å². The Bertz CT molecular complexity index is 505. The Morgan fingerprint density at radius 2 is 2.09 bits per heavy atom. The summed E-state index contributed by atoms with van der Waals surface area (Å²) < 4.78 is 10.9. The van der Waals surface area contributed by atoms with Crippen LogP contribution in [0.1, 0.15) is 38.2 Å². The maximum absolute atomic E-state index is 11.9. The summed E-state index contributed by atoms with van der Waals surface area (Å²) >= 11 is 0. The highest BCUT2D eigenvalue weighted by Gasteiger charge is 2.15. The van der Waals surface area contributed by atoms with Gasteiger partial charge in [0.2, 0.25) is 5.91 Å². The predicted octanol–water partition coefficient (Wildman–Crippen LogP) is 2.59. The van der Waals surface area contributed by atoms with Crippen LogP contribution < -0.4 is 14.8 Å². The highest BCUT2D eigenvalue weighted by atomic mass is 16.5. The second kappa shape index (κ2) is 9.40. The lowest BCUT2D eigenvalue weighted by Gasteiger charge is -2.20. The fourth-order valence-electron chi connectivity index (χ4n) is 2.82. The molecular weight excluding hydrogens is 292 g/mol. The summed E-state index contributed by atoms with van der Waals surface area (Å²) in [6.07, 6.45) is 4.04. The predicted molar refractivity (Wildman–Crippen MR) is 90.9 cm³/mol. The number of amides is 1. The summed E-state index contributed by atoms with van der Waals surface area (Å²) in [5.74, 6) is 1.83. The van der Waals surface area contributed by atoms with Gasteiger partial charge < -0.3 is 19.7 Å². The zero-order valence-electron chi connectivity index (χ0n) is 14.3. The number of benzene rings is 1. The minimum absolute atomic E-state index is 0.298. The van der Waals surface area contributed by atoms with E-state index in [1.807, 2.05) is 30.0 Å². The second-order valence-electron chi connectivity index (χ2n) is 5.79. The van der Waals surface area contributed by atoms with Gasteiger partial charge in [-0.3, -0.25) is 4.79 Å². The molecule has 0 aliphatic carbocycles. The van der Waals surface area contributed by atoms with Crippen molar-refractivity contribution in [3.8, 4) is 11.5 Å². The van der Waals surface area contributed by atoms with Crippen LogP contribution in [0.5, 0.6) is 11.5 Å². The summed E-state index contributed by atoms with van der Waals surface area (Å²) in [4.78, 5) is 13.9. The number of likely N-dealkylation sites (tertiary alicyclic amines) is 1. The van der Waals surface area contributed by atoms with Gasteiger partial charge in [0, 0.05) is 32.6 Å². The van der Waals surface area contributed by atoms with Gasteiger partial charge >= 0.3 is 0 Å². The van der Waals surface area contributed by atoms with Crippen molar-refractivity contribution in [2.24, 2.45) is 0 Å². The van der Waals surface area contributed by atoms with Crippen LogP contribution in [-0.2, 0) is 11.3 Å². The van der Waals surface area contributed by atoms with E-state index in [1.54, 1.807) is 7.11 Å². The van der Waals surface area contributed by atoms with Gasteiger partial charge in [-0.2, -0.15) is 0 Å². The maximum Gasteiger partial charge on any atom is 0.222 e. The van der Waals surface area contributed by atoms with Crippen molar-refractivity contribution < 1.29 is 14.3 Å². The number of carbonyl (C=O) groups is 1. The monoisotopic (exact) mass is 320 g/mol. The lowest BCUT2D eigenvalue weighted by Crippen LogP contribution is -2.36. The first-order chi connectivity index (χ1) is 11.2. The molecule has 0 radical (unpaired) electrons. The molecule has 0 aromatic heterocycles. The van der Waals surface area contributed by atoms with E-state index in [-0.39, 0.29) is 0 Å². The summed E-state index contributed by atoms with van der Waals surface area (Å²) in [5, 5.41) is 3.41. The van der Waals surface area contributed by atoms with Gasteiger partial charge in [-0.15, -0.1) is 0 Å². The Balaban J connectivity index is 1.79. The normalized spacial score (nSPS) is 15.4. The zero-order valence-corrected chi connectivity index (χ0v) is 14.3. The van der Waals surface area contributed by atoms with Crippen molar-refractivity contribution in [2.45, 2.75) is 39.2 Å². The Morgan fingerprint density at radius 3 is 2.87 bits per heavy atom. The summed E-state index contributed by atoms with van der Waals surface area (Å²) in [6.45, 7) is 5.82. The van der Waals surface area contributed by atoms with E-state index in [0.29, 0.717) is 18.9 Å². The molecule has 0 spiro atoms. The van der Waals surface area contributed by atoms with Crippen LogP contribution in [0, 0.1) is 0 Å². The first kappa shape index (κ1) is 17.6. The largest absolute Gasteiger partial charge is 0.493 e. The molecule has 1 heterocycles. The van der Waals surface area contributed by atoms with Crippen molar-refractivity contribution >= 4 is 5.91 Å². The molecule has 0 saturated carbocycles. The number of hydrogen-bond donors (Lipinski definition) is 1. The van der Waals surface area contributed by atoms with Gasteiger partial charge in [0.05, 0.1) is 13.7 Å². The number of methoxy groups -OCH3 is 1. The van der Waals surface area contributed by atoms with Crippen LogP contribution in [0.4, 0.5) is 0 Å². The molecule has 1 fully saturated rings.